The lowest BCUT2D eigenvalue weighted by molar-refractivity contribution is -0.0683. The molecule has 1 aliphatic rings. The third kappa shape index (κ3) is 4.30. The number of nitrogens with two attached hydrogens (primary N) is 1. The maximum Gasteiger partial charge on any atom is 0.0785 e. The first-order chi connectivity index (χ1) is 9.70. The summed E-state index contributed by atoms with van der Waals surface area (Å²) in [5.41, 5.74) is 7.64. The van der Waals surface area contributed by atoms with Gasteiger partial charge in [-0.05, 0) is 44.6 Å². The highest BCUT2D eigenvalue weighted by atomic mass is 16.5. The van der Waals surface area contributed by atoms with E-state index in [1.54, 1.807) is 0 Å². The van der Waals surface area contributed by atoms with Gasteiger partial charge in [-0.3, -0.25) is 0 Å². The number of hydrogen-bond acceptors (Lipinski definition) is 3. The first kappa shape index (κ1) is 15.5. The molecule has 3 heteroatoms. The summed E-state index contributed by atoms with van der Waals surface area (Å²) in [4.78, 5) is 0. The fraction of sp³-hybridized carbons (Fsp3) is 0.647. The van der Waals surface area contributed by atoms with Crippen LogP contribution in [0.2, 0.25) is 0 Å². The zero-order chi connectivity index (χ0) is 14.4. The largest absolute Gasteiger partial charge is 0.379 e. The van der Waals surface area contributed by atoms with Crippen LogP contribution in [-0.4, -0.2) is 31.5 Å². The quantitative estimate of drug-likeness (QED) is 0.869. The van der Waals surface area contributed by atoms with Crippen LogP contribution in [0, 0.1) is 0 Å². The summed E-state index contributed by atoms with van der Waals surface area (Å²) < 4.78 is 11.5. The lowest BCUT2D eigenvalue weighted by Crippen LogP contribution is -2.43. The van der Waals surface area contributed by atoms with Gasteiger partial charge in [0.1, 0.15) is 0 Å². The second-order valence-corrected chi connectivity index (χ2v) is 5.73. The van der Waals surface area contributed by atoms with Gasteiger partial charge in [-0.15, -0.1) is 0 Å². The van der Waals surface area contributed by atoms with E-state index in [9.17, 15) is 0 Å². The number of hydrogen-bond donors (Lipinski definition) is 1. The predicted molar refractivity (Wildman–Crippen MR) is 81.8 cm³/mol. The third-order valence-electron chi connectivity index (χ3n) is 4.08. The van der Waals surface area contributed by atoms with Crippen LogP contribution < -0.4 is 5.73 Å². The van der Waals surface area contributed by atoms with Crippen LogP contribution in [0.15, 0.2) is 30.3 Å². The zero-order valence-corrected chi connectivity index (χ0v) is 12.6. The Morgan fingerprint density at radius 3 is 2.70 bits per heavy atom. The molecule has 0 radical (unpaired) electrons. The van der Waals surface area contributed by atoms with Crippen LogP contribution in [0.25, 0.3) is 0 Å². The molecular weight excluding hydrogens is 250 g/mol. The molecule has 0 bridgehead atoms. The van der Waals surface area contributed by atoms with E-state index in [4.69, 9.17) is 15.2 Å². The summed E-state index contributed by atoms with van der Waals surface area (Å²) in [5.74, 6) is 0.570. The molecular formula is C17H27NO2. The van der Waals surface area contributed by atoms with Crippen molar-refractivity contribution in [3.05, 3.63) is 35.9 Å². The van der Waals surface area contributed by atoms with Crippen LogP contribution in [0.5, 0.6) is 0 Å². The number of benzene rings is 1. The van der Waals surface area contributed by atoms with Gasteiger partial charge in [-0.1, -0.05) is 30.3 Å². The highest BCUT2D eigenvalue weighted by Crippen LogP contribution is 2.34. The molecule has 2 rings (SSSR count). The van der Waals surface area contributed by atoms with Crippen LogP contribution in [0.3, 0.4) is 0 Å². The first-order valence-electron chi connectivity index (χ1n) is 7.74. The van der Waals surface area contributed by atoms with Gasteiger partial charge >= 0.3 is 0 Å². The van der Waals surface area contributed by atoms with E-state index < -0.39 is 0 Å². The van der Waals surface area contributed by atoms with E-state index >= 15 is 0 Å². The van der Waals surface area contributed by atoms with Gasteiger partial charge in [0, 0.05) is 12.6 Å². The topological polar surface area (TPSA) is 44.5 Å². The van der Waals surface area contributed by atoms with Crippen molar-refractivity contribution in [2.45, 2.75) is 57.3 Å². The fourth-order valence-electron chi connectivity index (χ4n) is 2.96. The van der Waals surface area contributed by atoms with E-state index in [1.807, 2.05) is 6.92 Å². The van der Waals surface area contributed by atoms with Crippen molar-refractivity contribution in [1.29, 1.82) is 0 Å². The first-order valence-corrected chi connectivity index (χ1v) is 7.74. The predicted octanol–water partition coefficient (Wildman–Crippen LogP) is 3.09. The minimum atomic E-state index is 0.112. The Hall–Kier alpha value is -0.900. The lowest BCUT2D eigenvalue weighted by atomic mass is 9.80. The van der Waals surface area contributed by atoms with E-state index in [1.165, 1.54) is 5.56 Å². The molecule has 1 fully saturated rings. The van der Waals surface area contributed by atoms with Gasteiger partial charge < -0.3 is 15.2 Å². The Morgan fingerprint density at radius 1 is 1.25 bits per heavy atom. The van der Waals surface area contributed by atoms with Gasteiger partial charge in [0.05, 0.1) is 18.8 Å². The highest BCUT2D eigenvalue weighted by molar-refractivity contribution is 5.20. The highest BCUT2D eigenvalue weighted by Gasteiger charge is 2.30. The van der Waals surface area contributed by atoms with Crippen molar-refractivity contribution in [1.82, 2.24) is 0 Å². The molecule has 20 heavy (non-hydrogen) atoms. The molecule has 4 atom stereocenters. The van der Waals surface area contributed by atoms with Gasteiger partial charge in [0.15, 0.2) is 0 Å². The van der Waals surface area contributed by atoms with Crippen molar-refractivity contribution in [3.63, 3.8) is 0 Å². The van der Waals surface area contributed by atoms with Gasteiger partial charge in [-0.25, -0.2) is 0 Å². The smallest absolute Gasteiger partial charge is 0.0785 e. The molecule has 0 spiro atoms. The molecule has 1 aromatic carbocycles. The maximum absolute atomic E-state index is 6.23. The monoisotopic (exact) mass is 277 g/mol. The average Bonchev–Trinajstić information content (AvgIpc) is 2.48. The number of ether oxygens (including phenoxy) is 2. The van der Waals surface area contributed by atoms with Crippen molar-refractivity contribution >= 4 is 0 Å². The molecule has 1 saturated carbocycles. The molecule has 4 unspecified atom stereocenters. The van der Waals surface area contributed by atoms with E-state index in [0.717, 1.165) is 25.9 Å². The average molecular weight is 277 g/mol. The minimum Gasteiger partial charge on any atom is -0.379 e. The molecule has 0 aliphatic heterocycles. The zero-order valence-electron chi connectivity index (χ0n) is 12.6. The summed E-state index contributed by atoms with van der Waals surface area (Å²) >= 11 is 0. The van der Waals surface area contributed by atoms with Crippen LogP contribution >= 0.6 is 0 Å². The van der Waals surface area contributed by atoms with E-state index in [2.05, 4.69) is 37.3 Å². The Bertz CT molecular complexity index is 382. The SMILES string of the molecule is CCOCC(C)OC1CC(c2ccccc2)CCC1N. The third-order valence-corrected chi connectivity index (χ3v) is 4.08. The van der Waals surface area contributed by atoms with Gasteiger partial charge in [0.2, 0.25) is 0 Å². The van der Waals surface area contributed by atoms with Crippen molar-refractivity contribution in [3.8, 4) is 0 Å². The summed E-state index contributed by atoms with van der Waals surface area (Å²) in [6.45, 7) is 5.45. The molecule has 3 nitrogen and oxygen atoms in total. The van der Waals surface area contributed by atoms with Crippen LogP contribution in [-0.2, 0) is 9.47 Å². The molecule has 1 aromatic rings. The molecule has 0 aromatic heterocycles. The van der Waals surface area contributed by atoms with E-state index in [-0.39, 0.29) is 18.2 Å². The maximum atomic E-state index is 6.23. The Kier molecular flexibility index (Phi) is 6.02. The lowest BCUT2D eigenvalue weighted by Gasteiger charge is -2.35. The molecule has 0 saturated heterocycles. The van der Waals surface area contributed by atoms with E-state index in [0.29, 0.717) is 12.5 Å². The summed E-state index contributed by atoms with van der Waals surface area (Å²) in [7, 11) is 0. The standard InChI is InChI=1S/C17H27NO2/c1-3-19-12-13(2)20-17-11-15(9-10-16(17)18)14-7-5-4-6-8-14/h4-8,13,15-17H,3,9-12,18H2,1-2H3. The summed E-state index contributed by atoms with van der Waals surface area (Å²) in [6, 6.07) is 10.9. The Labute approximate surface area is 122 Å². The molecule has 1 aliphatic carbocycles. The van der Waals surface area contributed by atoms with Crippen LogP contribution in [0.4, 0.5) is 0 Å². The normalized spacial score (nSPS) is 28.2. The molecule has 0 amide bonds. The molecule has 2 N–H and O–H groups in total. The molecule has 112 valence electrons. The van der Waals surface area contributed by atoms with Crippen LogP contribution in [0.1, 0.15) is 44.6 Å². The summed E-state index contributed by atoms with van der Waals surface area (Å²) in [5, 5.41) is 0. The van der Waals surface area contributed by atoms with Gasteiger partial charge in [-0.2, -0.15) is 0 Å². The van der Waals surface area contributed by atoms with Crippen molar-refractivity contribution < 1.29 is 9.47 Å². The van der Waals surface area contributed by atoms with Gasteiger partial charge in [0.25, 0.3) is 0 Å². The summed E-state index contributed by atoms with van der Waals surface area (Å²) in [6.07, 6.45) is 3.46. The molecule has 0 heterocycles. The Balaban J connectivity index is 1.91. The Morgan fingerprint density at radius 2 is 2.00 bits per heavy atom. The van der Waals surface area contributed by atoms with Crippen molar-refractivity contribution in [2.75, 3.05) is 13.2 Å². The minimum absolute atomic E-state index is 0.112. The second-order valence-electron chi connectivity index (χ2n) is 5.73. The number of rotatable bonds is 6. The second kappa shape index (κ2) is 7.77. The van der Waals surface area contributed by atoms with Crippen molar-refractivity contribution in [2.24, 2.45) is 5.73 Å². The fourth-order valence-corrected chi connectivity index (χ4v) is 2.96.